The number of benzene rings is 1. The predicted octanol–water partition coefficient (Wildman–Crippen LogP) is 2.29. The number of hydrogen-bond acceptors (Lipinski definition) is 6. The van der Waals surface area contributed by atoms with E-state index in [1.165, 1.54) is 21.5 Å². The first-order valence-corrected chi connectivity index (χ1v) is 8.52. The molecule has 27 heavy (non-hydrogen) atoms. The number of carboxylic acids is 1. The highest BCUT2D eigenvalue weighted by atomic mass is 79.9. The van der Waals surface area contributed by atoms with Crippen molar-refractivity contribution in [2.45, 2.75) is 6.54 Å². The number of ether oxygens (including phenoxy) is 2. The lowest BCUT2D eigenvalue weighted by atomic mass is 10.2. The number of hydrogen-bond donors (Lipinski definition) is 1. The average Bonchev–Trinajstić information content (AvgIpc) is 3.03. The van der Waals surface area contributed by atoms with Gasteiger partial charge in [0.15, 0.2) is 0 Å². The van der Waals surface area contributed by atoms with Crippen molar-refractivity contribution >= 4 is 21.9 Å². The molecule has 0 saturated heterocycles. The number of methoxy groups -OCH3 is 1. The molecule has 1 aromatic carbocycles. The Morgan fingerprint density at radius 3 is 2.56 bits per heavy atom. The first-order valence-electron chi connectivity index (χ1n) is 7.72. The minimum absolute atomic E-state index is 0.0381. The summed E-state index contributed by atoms with van der Waals surface area (Å²) >= 11 is 3.15. The lowest BCUT2D eigenvalue weighted by molar-refractivity contribution is 0.0687. The summed E-state index contributed by atoms with van der Waals surface area (Å²) in [4.78, 5) is 23.3. The van der Waals surface area contributed by atoms with Gasteiger partial charge >= 0.3 is 5.97 Å². The second kappa shape index (κ2) is 7.62. The molecule has 0 aliphatic rings. The molecule has 9 nitrogen and oxygen atoms in total. The van der Waals surface area contributed by atoms with E-state index in [9.17, 15) is 14.7 Å². The number of rotatable bonds is 6. The first-order chi connectivity index (χ1) is 12.9. The second-order valence-electron chi connectivity index (χ2n) is 5.60. The summed E-state index contributed by atoms with van der Waals surface area (Å²) in [7, 11) is 3.13. The molecule has 0 bridgehead atoms. The van der Waals surface area contributed by atoms with Gasteiger partial charge in [0, 0.05) is 19.3 Å². The summed E-state index contributed by atoms with van der Waals surface area (Å²) in [5.74, 6) is -0.335. The number of pyridine rings is 1. The van der Waals surface area contributed by atoms with Gasteiger partial charge in [-0.3, -0.25) is 4.79 Å². The maximum absolute atomic E-state index is 11.8. The summed E-state index contributed by atoms with van der Waals surface area (Å²) in [5, 5.41) is 16.9. The van der Waals surface area contributed by atoms with Crippen molar-refractivity contribution in [3.8, 4) is 17.4 Å². The molecule has 3 aromatic rings. The number of aromatic carboxylic acids is 1. The van der Waals surface area contributed by atoms with Crippen LogP contribution in [-0.4, -0.2) is 37.7 Å². The van der Waals surface area contributed by atoms with E-state index in [2.05, 4.69) is 26.2 Å². The fourth-order valence-corrected chi connectivity index (χ4v) is 2.86. The van der Waals surface area contributed by atoms with Crippen LogP contribution < -0.4 is 15.0 Å². The normalized spacial score (nSPS) is 10.6. The van der Waals surface area contributed by atoms with Crippen LogP contribution in [0.4, 0.5) is 0 Å². The molecule has 2 aromatic heterocycles. The van der Waals surface area contributed by atoms with Gasteiger partial charge in [0.05, 0.1) is 18.1 Å². The van der Waals surface area contributed by atoms with Gasteiger partial charge < -0.3 is 19.1 Å². The van der Waals surface area contributed by atoms with Crippen LogP contribution in [0.1, 0.15) is 16.1 Å². The van der Waals surface area contributed by atoms with Crippen molar-refractivity contribution in [1.29, 1.82) is 0 Å². The van der Waals surface area contributed by atoms with E-state index in [-0.39, 0.29) is 33.9 Å². The zero-order valence-electron chi connectivity index (χ0n) is 14.4. The van der Waals surface area contributed by atoms with Crippen molar-refractivity contribution in [2.75, 3.05) is 7.11 Å². The van der Waals surface area contributed by atoms with E-state index in [0.29, 0.717) is 5.75 Å². The minimum Gasteiger partial charge on any atom is -0.497 e. The molecule has 0 aliphatic heterocycles. The molecule has 0 fully saturated rings. The lowest BCUT2D eigenvalue weighted by Gasteiger charge is -2.10. The molecule has 0 amide bonds. The Morgan fingerprint density at radius 2 is 1.96 bits per heavy atom. The largest absolute Gasteiger partial charge is 0.497 e. The Labute approximate surface area is 161 Å². The molecular formula is C17H15BrN4O5. The van der Waals surface area contributed by atoms with Gasteiger partial charge in [0.2, 0.25) is 5.69 Å². The van der Waals surface area contributed by atoms with Crippen LogP contribution in [0.2, 0.25) is 0 Å². The van der Waals surface area contributed by atoms with Crippen LogP contribution in [0.5, 0.6) is 17.4 Å². The SMILES string of the molecule is COc1ccc(Cn2nnc(C(=O)O)c2Oc2cc(Br)c(=O)n(C)c2)cc1. The molecule has 3 rings (SSSR count). The van der Waals surface area contributed by atoms with Crippen LogP contribution in [0.25, 0.3) is 0 Å². The third-order valence-corrected chi connectivity index (χ3v) is 4.28. The Bertz CT molecular complexity index is 1020. The molecule has 10 heteroatoms. The van der Waals surface area contributed by atoms with Crippen molar-refractivity contribution in [1.82, 2.24) is 19.6 Å². The van der Waals surface area contributed by atoms with E-state index in [0.717, 1.165) is 5.56 Å². The number of aromatic nitrogens is 4. The summed E-state index contributed by atoms with van der Waals surface area (Å²) in [6.07, 6.45) is 1.45. The van der Waals surface area contributed by atoms with E-state index >= 15 is 0 Å². The fourth-order valence-electron chi connectivity index (χ4n) is 2.36. The number of aryl methyl sites for hydroxylation is 1. The molecule has 0 saturated carbocycles. The van der Waals surface area contributed by atoms with Crippen LogP contribution >= 0.6 is 15.9 Å². The van der Waals surface area contributed by atoms with Gasteiger partial charge in [-0.2, -0.15) is 0 Å². The Kier molecular flexibility index (Phi) is 5.26. The van der Waals surface area contributed by atoms with E-state index in [4.69, 9.17) is 9.47 Å². The molecule has 140 valence electrons. The average molecular weight is 435 g/mol. The fraction of sp³-hybridized carbons (Fsp3) is 0.176. The van der Waals surface area contributed by atoms with Crippen molar-refractivity contribution < 1.29 is 19.4 Å². The van der Waals surface area contributed by atoms with Crippen LogP contribution in [-0.2, 0) is 13.6 Å². The minimum atomic E-state index is -1.27. The van der Waals surface area contributed by atoms with Crippen LogP contribution in [0.3, 0.4) is 0 Å². The van der Waals surface area contributed by atoms with Crippen molar-refractivity contribution in [2.24, 2.45) is 7.05 Å². The number of carboxylic acid groups (broad SMARTS) is 1. The Morgan fingerprint density at radius 1 is 1.26 bits per heavy atom. The van der Waals surface area contributed by atoms with E-state index < -0.39 is 5.97 Å². The summed E-state index contributed by atoms with van der Waals surface area (Å²) < 4.78 is 13.8. The molecule has 0 unspecified atom stereocenters. The monoisotopic (exact) mass is 434 g/mol. The van der Waals surface area contributed by atoms with Gasteiger partial charge in [-0.15, -0.1) is 5.10 Å². The van der Waals surface area contributed by atoms with Gasteiger partial charge in [0.1, 0.15) is 11.5 Å². The first kappa shape index (κ1) is 18.6. The van der Waals surface area contributed by atoms with Crippen molar-refractivity contribution in [3.63, 3.8) is 0 Å². The molecule has 0 spiro atoms. The maximum atomic E-state index is 11.8. The zero-order valence-corrected chi connectivity index (χ0v) is 16.0. The highest BCUT2D eigenvalue weighted by Gasteiger charge is 2.22. The maximum Gasteiger partial charge on any atom is 0.362 e. The Balaban J connectivity index is 1.96. The van der Waals surface area contributed by atoms with Gasteiger partial charge in [-0.25, -0.2) is 9.48 Å². The predicted molar refractivity (Wildman–Crippen MR) is 98.5 cm³/mol. The topological polar surface area (TPSA) is 108 Å². The van der Waals surface area contributed by atoms with Crippen molar-refractivity contribution in [3.05, 3.63) is 62.6 Å². The quantitative estimate of drug-likeness (QED) is 0.633. The highest BCUT2D eigenvalue weighted by molar-refractivity contribution is 9.10. The third-order valence-electron chi connectivity index (χ3n) is 3.71. The molecule has 0 aliphatic carbocycles. The molecular weight excluding hydrogens is 420 g/mol. The molecule has 0 radical (unpaired) electrons. The van der Waals surface area contributed by atoms with E-state index in [1.54, 1.807) is 26.3 Å². The smallest absolute Gasteiger partial charge is 0.362 e. The molecule has 0 atom stereocenters. The van der Waals surface area contributed by atoms with Gasteiger partial charge in [0.25, 0.3) is 11.4 Å². The summed E-state index contributed by atoms with van der Waals surface area (Å²) in [6.45, 7) is 0.243. The molecule has 1 N–H and O–H groups in total. The highest BCUT2D eigenvalue weighted by Crippen LogP contribution is 2.26. The van der Waals surface area contributed by atoms with Gasteiger partial charge in [-0.05, 0) is 33.6 Å². The molecule has 2 heterocycles. The number of carbonyl (C=O) groups is 1. The van der Waals surface area contributed by atoms with E-state index in [1.807, 2.05) is 12.1 Å². The standard InChI is InChI=1S/C17H15BrN4O5/c1-21-9-12(7-13(18)15(21)23)27-16-14(17(24)25)19-20-22(16)8-10-3-5-11(26-2)6-4-10/h3-7,9H,8H2,1-2H3,(H,24,25). The number of halogens is 1. The second-order valence-corrected chi connectivity index (χ2v) is 6.45. The van der Waals surface area contributed by atoms with Crippen LogP contribution in [0.15, 0.2) is 45.8 Å². The third kappa shape index (κ3) is 4.00. The van der Waals surface area contributed by atoms with Gasteiger partial charge in [-0.1, -0.05) is 17.3 Å². The zero-order chi connectivity index (χ0) is 19.6. The lowest BCUT2D eigenvalue weighted by Crippen LogP contribution is -2.16. The Hall–Kier alpha value is -3.14. The number of nitrogens with zero attached hydrogens (tertiary/aromatic N) is 4. The summed E-state index contributed by atoms with van der Waals surface area (Å²) in [6, 6.07) is 8.68. The van der Waals surface area contributed by atoms with Crippen LogP contribution in [0, 0.1) is 0 Å². The summed E-state index contributed by atoms with van der Waals surface area (Å²) in [5.41, 5.74) is 0.281.